The predicted octanol–water partition coefficient (Wildman–Crippen LogP) is 1.94. The van der Waals surface area contributed by atoms with E-state index in [0.717, 1.165) is 18.5 Å². The van der Waals surface area contributed by atoms with E-state index >= 15 is 0 Å². The highest BCUT2D eigenvalue weighted by molar-refractivity contribution is 5.87. The van der Waals surface area contributed by atoms with Gasteiger partial charge in [-0.3, -0.25) is 4.79 Å². The number of anilines is 1. The summed E-state index contributed by atoms with van der Waals surface area (Å²) in [5, 5.41) is 6.24. The molecule has 1 amide bonds. The molecular weight excluding hydrogens is 224 g/mol. The Hall–Kier alpha value is -1.95. The number of hydrogen-bond acceptors (Lipinski definition) is 2. The maximum atomic E-state index is 12.1. The number of para-hydroxylation sites is 1. The van der Waals surface area contributed by atoms with Gasteiger partial charge >= 0.3 is 0 Å². The van der Waals surface area contributed by atoms with Crippen molar-refractivity contribution in [3.05, 3.63) is 29.8 Å². The molecule has 3 nitrogen and oxygen atoms in total. The number of hydrogen-bond donors (Lipinski definition) is 2. The quantitative estimate of drug-likeness (QED) is 0.792. The van der Waals surface area contributed by atoms with Crippen LogP contribution in [0.4, 0.5) is 5.69 Å². The van der Waals surface area contributed by atoms with Gasteiger partial charge in [-0.2, -0.15) is 0 Å². The summed E-state index contributed by atoms with van der Waals surface area (Å²) >= 11 is 0. The van der Waals surface area contributed by atoms with Gasteiger partial charge in [0.1, 0.15) is 6.04 Å². The number of benzene rings is 1. The van der Waals surface area contributed by atoms with Gasteiger partial charge in [0.25, 0.3) is 0 Å². The van der Waals surface area contributed by atoms with Crippen molar-refractivity contribution in [1.82, 2.24) is 5.32 Å². The summed E-state index contributed by atoms with van der Waals surface area (Å²) in [7, 11) is 0. The van der Waals surface area contributed by atoms with E-state index in [1.807, 2.05) is 31.2 Å². The summed E-state index contributed by atoms with van der Waals surface area (Å²) in [4.78, 5) is 12.1. The Labute approximate surface area is 108 Å². The first kappa shape index (κ1) is 12.5. The van der Waals surface area contributed by atoms with E-state index in [-0.39, 0.29) is 18.0 Å². The fraction of sp³-hybridized carbons (Fsp3) is 0.400. The molecule has 1 aliphatic rings. The van der Waals surface area contributed by atoms with Gasteiger partial charge in [-0.05, 0) is 18.1 Å². The summed E-state index contributed by atoms with van der Waals surface area (Å²) in [6.45, 7) is 2.03. The van der Waals surface area contributed by atoms with Crippen molar-refractivity contribution < 1.29 is 4.79 Å². The van der Waals surface area contributed by atoms with Crippen LogP contribution in [0.1, 0.15) is 25.3 Å². The molecule has 1 aromatic rings. The summed E-state index contributed by atoms with van der Waals surface area (Å²) in [6, 6.07) is 7.92. The Bertz CT molecular complexity index is 451. The molecule has 0 bridgehead atoms. The number of amides is 1. The average molecular weight is 242 g/mol. The number of carbonyl (C=O) groups is 1. The van der Waals surface area contributed by atoms with Crippen molar-refractivity contribution in [3.8, 4) is 12.3 Å². The highest BCUT2D eigenvalue weighted by Gasteiger charge is 2.27. The van der Waals surface area contributed by atoms with Crippen LogP contribution >= 0.6 is 0 Å². The molecule has 2 unspecified atom stereocenters. The molecule has 0 saturated heterocycles. The summed E-state index contributed by atoms with van der Waals surface area (Å²) in [5.41, 5.74) is 2.25. The summed E-state index contributed by atoms with van der Waals surface area (Å²) in [6.07, 6.45) is 7.47. The Morgan fingerprint density at radius 2 is 2.39 bits per heavy atom. The van der Waals surface area contributed by atoms with Crippen molar-refractivity contribution in [3.63, 3.8) is 0 Å². The van der Waals surface area contributed by atoms with Crippen LogP contribution in [0.2, 0.25) is 0 Å². The molecule has 2 rings (SSSR count). The zero-order chi connectivity index (χ0) is 13.0. The minimum absolute atomic E-state index is 0.0355. The van der Waals surface area contributed by atoms with E-state index in [1.54, 1.807) is 0 Å². The second kappa shape index (κ2) is 5.59. The number of carbonyl (C=O) groups excluding carboxylic acids is 1. The monoisotopic (exact) mass is 242 g/mol. The number of fused-ring (bicyclic) bond motifs is 1. The lowest BCUT2D eigenvalue weighted by Gasteiger charge is -2.18. The van der Waals surface area contributed by atoms with Crippen LogP contribution in [0.3, 0.4) is 0 Å². The van der Waals surface area contributed by atoms with Gasteiger partial charge in [-0.15, -0.1) is 12.3 Å². The van der Waals surface area contributed by atoms with Crippen LogP contribution in [-0.2, 0) is 11.2 Å². The highest BCUT2D eigenvalue weighted by Crippen LogP contribution is 2.25. The van der Waals surface area contributed by atoms with Crippen molar-refractivity contribution in [1.29, 1.82) is 0 Å². The van der Waals surface area contributed by atoms with E-state index in [9.17, 15) is 4.79 Å². The number of nitrogens with one attached hydrogen (secondary N) is 2. The molecule has 1 aromatic carbocycles. The van der Waals surface area contributed by atoms with Crippen molar-refractivity contribution >= 4 is 11.6 Å². The third-order valence-electron chi connectivity index (χ3n) is 3.29. The summed E-state index contributed by atoms with van der Waals surface area (Å²) in [5.74, 6) is 2.63. The molecule has 94 valence electrons. The fourth-order valence-electron chi connectivity index (χ4n) is 2.20. The summed E-state index contributed by atoms with van der Waals surface area (Å²) < 4.78 is 0. The lowest BCUT2D eigenvalue weighted by Crippen LogP contribution is -2.43. The fourth-order valence-corrected chi connectivity index (χ4v) is 2.20. The van der Waals surface area contributed by atoms with Crippen LogP contribution < -0.4 is 10.6 Å². The Balaban J connectivity index is 1.95. The van der Waals surface area contributed by atoms with Crippen molar-refractivity contribution in [2.75, 3.05) is 5.32 Å². The van der Waals surface area contributed by atoms with Gasteiger partial charge in [0.15, 0.2) is 0 Å². The minimum Gasteiger partial charge on any atom is -0.373 e. The molecule has 0 radical (unpaired) electrons. The smallest absolute Gasteiger partial charge is 0.243 e. The second-order valence-electron chi connectivity index (χ2n) is 4.58. The molecule has 18 heavy (non-hydrogen) atoms. The van der Waals surface area contributed by atoms with E-state index < -0.39 is 0 Å². The highest BCUT2D eigenvalue weighted by atomic mass is 16.2. The Kier molecular flexibility index (Phi) is 3.88. The lowest BCUT2D eigenvalue weighted by atomic mass is 10.1. The van der Waals surface area contributed by atoms with Crippen molar-refractivity contribution in [2.24, 2.45) is 0 Å². The molecule has 0 aliphatic carbocycles. The topological polar surface area (TPSA) is 41.1 Å². The molecule has 2 atom stereocenters. The Morgan fingerprint density at radius 3 is 3.06 bits per heavy atom. The van der Waals surface area contributed by atoms with E-state index in [1.165, 1.54) is 5.56 Å². The molecule has 0 aromatic heterocycles. The van der Waals surface area contributed by atoms with Gasteiger partial charge in [0.2, 0.25) is 5.91 Å². The van der Waals surface area contributed by atoms with E-state index in [2.05, 4.69) is 16.6 Å². The van der Waals surface area contributed by atoms with Crippen LogP contribution in [-0.4, -0.2) is 18.0 Å². The van der Waals surface area contributed by atoms with Crippen LogP contribution in [0, 0.1) is 12.3 Å². The molecular formula is C15H18N2O. The zero-order valence-electron chi connectivity index (χ0n) is 10.6. The molecule has 0 fully saturated rings. The molecule has 1 aliphatic heterocycles. The van der Waals surface area contributed by atoms with E-state index in [0.29, 0.717) is 6.42 Å². The maximum Gasteiger partial charge on any atom is 0.243 e. The minimum atomic E-state index is -0.172. The molecule has 0 spiro atoms. The first-order valence-electron chi connectivity index (χ1n) is 6.33. The van der Waals surface area contributed by atoms with Gasteiger partial charge in [0.05, 0.1) is 0 Å². The van der Waals surface area contributed by atoms with Gasteiger partial charge < -0.3 is 10.6 Å². The second-order valence-corrected chi connectivity index (χ2v) is 4.58. The van der Waals surface area contributed by atoms with E-state index in [4.69, 9.17) is 6.42 Å². The normalized spacial score (nSPS) is 18.3. The van der Waals surface area contributed by atoms with Crippen molar-refractivity contribution in [2.45, 2.75) is 38.3 Å². The lowest BCUT2D eigenvalue weighted by molar-refractivity contribution is -0.122. The van der Waals surface area contributed by atoms with Gasteiger partial charge in [-0.25, -0.2) is 0 Å². The average Bonchev–Trinajstić information content (AvgIpc) is 2.82. The first-order valence-corrected chi connectivity index (χ1v) is 6.33. The predicted molar refractivity (Wildman–Crippen MR) is 73.2 cm³/mol. The maximum absolute atomic E-state index is 12.1. The molecule has 0 saturated carbocycles. The third kappa shape index (κ3) is 2.65. The third-order valence-corrected chi connectivity index (χ3v) is 3.29. The van der Waals surface area contributed by atoms with Crippen LogP contribution in [0.15, 0.2) is 24.3 Å². The molecule has 3 heteroatoms. The van der Waals surface area contributed by atoms with Crippen LogP contribution in [0.5, 0.6) is 0 Å². The number of terminal acetylenes is 1. The van der Waals surface area contributed by atoms with Gasteiger partial charge in [-0.1, -0.05) is 25.1 Å². The van der Waals surface area contributed by atoms with Crippen LogP contribution in [0.25, 0.3) is 0 Å². The standard InChI is InChI=1S/C15H18N2O/c1-3-7-12(4-2)16-15(18)14-10-11-8-5-6-9-13(11)17-14/h1,5-6,8-9,12,14,17H,4,7,10H2,2H3,(H,16,18). The largest absolute Gasteiger partial charge is 0.373 e. The molecule has 1 heterocycles. The first-order chi connectivity index (χ1) is 8.74. The SMILES string of the molecule is C#CCC(CC)NC(=O)C1Cc2ccccc2N1. The van der Waals surface area contributed by atoms with Gasteiger partial charge in [0, 0.05) is 24.6 Å². The Morgan fingerprint density at radius 1 is 1.61 bits per heavy atom. The number of rotatable bonds is 4. The molecule has 2 N–H and O–H groups in total. The zero-order valence-corrected chi connectivity index (χ0v) is 10.6.